The lowest BCUT2D eigenvalue weighted by Gasteiger charge is -2.12. The molecule has 1 fully saturated rings. The molecule has 2 rings (SSSR count). The highest BCUT2D eigenvalue weighted by atomic mass is 16.5. The molecule has 1 amide bonds. The number of nitrogen functional groups attached to an aromatic ring is 1. The lowest BCUT2D eigenvalue weighted by atomic mass is 10.1. The Hall–Kier alpha value is -1.71. The fourth-order valence-electron chi connectivity index (χ4n) is 2.84. The van der Waals surface area contributed by atoms with Crippen molar-refractivity contribution >= 4 is 11.6 Å². The van der Waals surface area contributed by atoms with Gasteiger partial charge < -0.3 is 15.8 Å². The van der Waals surface area contributed by atoms with Gasteiger partial charge in [0.2, 0.25) is 5.91 Å². The molecule has 4 nitrogen and oxygen atoms in total. The smallest absolute Gasteiger partial charge is 0.220 e. The van der Waals surface area contributed by atoms with Gasteiger partial charge in [0.1, 0.15) is 5.75 Å². The van der Waals surface area contributed by atoms with Gasteiger partial charge in [-0.3, -0.25) is 4.79 Å². The van der Waals surface area contributed by atoms with Crippen LogP contribution in [0.3, 0.4) is 0 Å². The zero-order chi connectivity index (χ0) is 15.8. The van der Waals surface area contributed by atoms with Crippen LogP contribution >= 0.6 is 0 Å². The Morgan fingerprint density at radius 1 is 1.36 bits per heavy atom. The van der Waals surface area contributed by atoms with Crippen molar-refractivity contribution in [3.05, 3.63) is 23.8 Å². The molecule has 0 radical (unpaired) electrons. The van der Waals surface area contributed by atoms with Crippen molar-refractivity contribution in [3.63, 3.8) is 0 Å². The number of amides is 1. The Kier molecular flexibility index (Phi) is 6.56. The third-order valence-electron chi connectivity index (χ3n) is 4.19. The molecule has 0 bridgehead atoms. The number of benzene rings is 1. The van der Waals surface area contributed by atoms with Crippen LogP contribution in [0.4, 0.5) is 5.69 Å². The van der Waals surface area contributed by atoms with E-state index in [1.165, 1.54) is 12.8 Å². The van der Waals surface area contributed by atoms with Gasteiger partial charge in [-0.15, -0.1) is 0 Å². The van der Waals surface area contributed by atoms with Gasteiger partial charge in [-0.2, -0.15) is 0 Å². The highest BCUT2D eigenvalue weighted by Crippen LogP contribution is 2.23. The quantitative estimate of drug-likeness (QED) is 0.571. The molecular formula is C18H28N2O2. The Labute approximate surface area is 133 Å². The first-order chi connectivity index (χ1) is 10.7. The molecule has 4 heteroatoms. The van der Waals surface area contributed by atoms with Crippen molar-refractivity contribution in [1.29, 1.82) is 0 Å². The number of anilines is 1. The first kappa shape index (κ1) is 16.7. The molecule has 0 saturated heterocycles. The summed E-state index contributed by atoms with van der Waals surface area (Å²) in [6, 6.07) is 6.23. The molecule has 0 spiro atoms. The summed E-state index contributed by atoms with van der Waals surface area (Å²) in [5.41, 5.74) is 7.76. The number of aryl methyl sites for hydroxylation is 1. The van der Waals surface area contributed by atoms with Gasteiger partial charge in [-0.05, 0) is 43.4 Å². The zero-order valence-corrected chi connectivity index (χ0v) is 13.6. The maximum Gasteiger partial charge on any atom is 0.220 e. The largest absolute Gasteiger partial charge is 0.491 e. The molecule has 3 N–H and O–H groups in total. The topological polar surface area (TPSA) is 64.3 Å². The molecule has 1 aromatic carbocycles. The van der Waals surface area contributed by atoms with E-state index in [2.05, 4.69) is 12.2 Å². The summed E-state index contributed by atoms with van der Waals surface area (Å²) in [5.74, 6) is 0.890. The van der Waals surface area contributed by atoms with E-state index in [9.17, 15) is 4.79 Å². The van der Waals surface area contributed by atoms with Crippen LogP contribution in [-0.2, 0) is 11.2 Å². The minimum absolute atomic E-state index is 0.147. The molecule has 1 aliphatic carbocycles. The first-order valence-electron chi connectivity index (χ1n) is 8.49. The van der Waals surface area contributed by atoms with Gasteiger partial charge in [0.25, 0.3) is 0 Å². The molecule has 1 aliphatic rings. The van der Waals surface area contributed by atoms with E-state index in [0.717, 1.165) is 43.4 Å². The monoisotopic (exact) mass is 304 g/mol. The SMILES string of the molecule is CCCCOc1ccc(CCC(=O)NC2CCCC2)cc1N. The lowest BCUT2D eigenvalue weighted by Crippen LogP contribution is -2.32. The van der Waals surface area contributed by atoms with E-state index in [1.807, 2.05) is 18.2 Å². The average molecular weight is 304 g/mol. The van der Waals surface area contributed by atoms with Gasteiger partial charge in [0.05, 0.1) is 12.3 Å². The number of nitrogens with two attached hydrogens (primary N) is 1. The molecule has 1 saturated carbocycles. The highest BCUT2D eigenvalue weighted by Gasteiger charge is 2.16. The zero-order valence-electron chi connectivity index (χ0n) is 13.6. The van der Waals surface area contributed by atoms with Crippen LogP contribution in [0.2, 0.25) is 0 Å². The van der Waals surface area contributed by atoms with Crippen LogP contribution in [0.5, 0.6) is 5.75 Å². The van der Waals surface area contributed by atoms with E-state index in [-0.39, 0.29) is 5.91 Å². The van der Waals surface area contributed by atoms with Crippen molar-refractivity contribution in [1.82, 2.24) is 5.32 Å². The van der Waals surface area contributed by atoms with Gasteiger partial charge in [-0.1, -0.05) is 32.3 Å². The summed E-state index contributed by atoms with van der Waals surface area (Å²) >= 11 is 0. The molecule has 0 heterocycles. The Morgan fingerprint density at radius 2 is 2.14 bits per heavy atom. The van der Waals surface area contributed by atoms with Crippen molar-refractivity contribution in [2.45, 2.75) is 64.3 Å². The summed E-state index contributed by atoms with van der Waals surface area (Å²) < 4.78 is 5.64. The molecule has 0 atom stereocenters. The average Bonchev–Trinajstić information content (AvgIpc) is 3.00. The van der Waals surface area contributed by atoms with Crippen molar-refractivity contribution < 1.29 is 9.53 Å². The normalized spacial score (nSPS) is 15.0. The molecule has 0 unspecified atom stereocenters. The van der Waals surface area contributed by atoms with Crippen LogP contribution in [0, 0.1) is 0 Å². The second kappa shape index (κ2) is 8.66. The fraction of sp³-hybridized carbons (Fsp3) is 0.611. The van der Waals surface area contributed by atoms with Crippen LogP contribution in [0.15, 0.2) is 18.2 Å². The van der Waals surface area contributed by atoms with E-state index >= 15 is 0 Å². The van der Waals surface area contributed by atoms with Crippen LogP contribution < -0.4 is 15.8 Å². The van der Waals surface area contributed by atoms with Crippen molar-refractivity contribution in [2.24, 2.45) is 0 Å². The number of unbranched alkanes of at least 4 members (excludes halogenated alkanes) is 1. The predicted octanol–water partition coefficient (Wildman–Crippen LogP) is 3.44. The molecule has 0 aromatic heterocycles. The second-order valence-corrected chi connectivity index (χ2v) is 6.12. The van der Waals surface area contributed by atoms with E-state index in [4.69, 9.17) is 10.5 Å². The fourth-order valence-corrected chi connectivity index (χ4v) is 2.84. The van der Waals surface area contributed by atoms with Crippen LogP contribution in [0.25, 0.3) is 0 Å². The number of rotatable bonds is 8. The first-order valence-corrected chi connectivity index (χ1v) is 8.49. The van der Waals surface area contributed by atoms with Crippen LogP contribution in [0.1, 0.15) is 57.4 Å². The van der Waals surface area contributed by atoms with Crippen LogP contribution in [-0.4, -0.2) is 18.6 Å². The maximum atomic E-state index is 11.9. The van der Waals surface area contributed by atoms with Crippen molar-refractivity contribution in [3.8, 4) is 5.75 Å². The summed E-state index contributed by atoms with van der Waals surface area (Å²) in [4.78, 5) is 11.9. The number of hydrogen-bond acceptors (Lipinski definition) is 3. The Morgan fingerprint density at radius 3 is 2.82 bits per heavy atom. The molecular weight excluding hydrogens is 276 g/mol. The summed E-state index contributed by atoms with van der Waals surface area (Å²) in [6.07, 6.45) is 8.10. The summed E-state index contributed by atoms with van der Waals surface area (Å²) in [5, 5.41) is 3.11. The number of nitrogens with one attached hydrogen (secondary N) is 1. The third kappa shape index (κ3) is 5.24. The molecule has 122 valence electrons. The van der Waals surface area contributed by atoms with Gasteiger partial charge in [-0.25, -0.2) is 0 Å². The van der Waals surface area contributed by atoms with E-state index in [0.29, 0.717) is 24.8 Å². The highest BCUT2D eigenvalue weighted by molar-refractivity contribution is 5.76. The standard InChI is InChI=1S/C18H28N2O2/c1-2-3-12-22-17-10-8-14(13-16(17)19)9-11-18(21)20-15-6-4-5-7-15/h8,10,13,15H,2-7,9,11-12,19H2,1H3,(H,20,21). The second-order valence-electron chi connectivity index (χ2n) is 6.12. The summed E-state index contributed by atoms with van der Waals surface area (Å²) in [7, 11) is 0. The Bertz CT molecular complexity index is 482. The maximum absolute atomic E-state index is 11.9. The van der Waals surface area contributed by atoms with Crippen molar-refractivity contribution in [2.75, 3.05) is 12.3 Å². The minimum atomic E-state index is 0.147. The van der Waals surface area contributed by atoms with Gasteiger partial charge in [0, 0.05) is 12.5 Å². The number of ether oxygens (including phenoxy) is 1. The lowest BCUT2D eigenvalue weighted by molar-refractivity contribution is -0.121. The molecule has 1 aromatic rings. The minimum Gasteiger partial charge on any atom is -0.491 e. The van der Waals surface area contributed by atoms with E-state index < -0.39 is 0 Å². The third-order valence-corrected chi connectivity index (χ3v) is 4.19. The summed E-state index contributed by atoms with van der Waals surface area (Å²) in [6.45, 7) is 2.83. The Balaban J connectivity index is 1.77. The number of carbonyl (C=O) groups is 1. The molecule has 22 heavy (non-hydrogen) atoms. The number of carbonyl (C=O) groups excluding carboxylic acids is 1. The van der Waals surface area contributed by atoms with E-state index in [1.54, 1.807) is 0 Å². The molecule has 0 aliphatic heterocycles. The number of hydrogen-bond donors (Lipinski definition) is 2. The van der Waals surface area contributed by atoms with Gasteiger partial charge in [0.15, 0.2) is 0 Å². The van der Waals surface area contributed by atoms with Gasteiger partial charge >= 0.3 is 0 Å². The predicted molar refractivity (Wildman–Crippen MR) is 90.0 cm³/mol.